The average Bonchev–Trinajstić information content (AvgIpc) is 2.93. The molecule has 124 valence electrons. The smallest absolute Gasteiger partial charge is 0.242 e. The van der Waals surface area contributed by atoms with E-state index >= 15 is 0 Å². The summed E-state index contributed by atoms with van der Waals surface area (Å²) in [5.74, 6) is -0.111. The molecule has 0 atom stereocenters. The Morgan fingerprint density at radius 1 is 1.43 bits per heavy atom. The van der Waals surface area contributed by atoms with Gasteiger partial charge in [-0.2, -0.15) is 0 Å². The first-order valence-electron chi connectivity index (χ1n) is 6.99. The van der Waals surface area contributed by atoms with Crippen LogP contribution in [0.5, 0.6) is 0 Å². The largest absolute Gasteiger partial charge is 0.353 e. The van der Waals surface area contributed by atoms with E-state index < -0.39 is 10.0 Å². The summed E-state index contributed by atoms with van der Waals surface area (Å²) in [5.41, 5.74) is 1.15. The predicted octanol–water partition coefficient (Wildman–Crippen LogP) is 0.374. The van der Waals surface area contributed by atoms with Gasteiger partial charge in [0.2, 0.25) is 15.9 Å². The Labute approximate surface area is 134 Å². The van der Waals surface area contributed by atoms with E-state index in [9.17, 15) is 13.2 Å². The lowest BCUT2D eigenvalue weighted by Gasteiger charge is -2.11. The number of hydrogen-bond acceptors (Lipinski definition) is 5. The molecule has 23 heavy (non-hydrogen) atoms. The number of carbonyl (C=O) groups is 1. The molecule has 0 saturated carbocycles. The van der Waals surface area contributed by atoms with Crippen LogP contribution in [0.2, 0.25) is 0 Å². The molecular weight excluding hydrogens is 318 g/mol. The fourth-order valence-electron chi connectivity index (χ4n) is 1.97. The van der Waals surface area contributed by atoms with Crippen LogP contribution in [-0.2, 0) is 21.4 Å². The molecule has 0 radical (unpaired) electrons. The van der Waals surface area contributed by atoms with Crippen molar-refractivity contribution in [1.82, 2.24) is 24.6 Å². The second-order valence-corrected chi connectivity index (χ2v) is 7.25. The van der Waals surface area contributed by atoms with Crippen molar-refractivity contribution in [1.29, 1.82) is 0 Å². The highest BCUT2D eigenvalue weighted by atomic mass is 32.2. The molecule has 8 nitrogen and oxygen atoms in total. The van der Waals surface area contributed by atoms with E-state index in [1.165, 1.54) is 26.2 Å². The van der Waals surface area contributed by atoms with Crippen molar-refractivity contribution in [3.8, 4) is 0 Å². The van der Waals surface area contributed by atoms with Crippen molar-refractivity contribution >= 4 is 27.0 Å². The molecule has 0 aliphatic carbocycles. The van der Waals surface area contributed by atoms with Gasteiger partial charge < -0.3 is 5.32 Å². The summed E-state index contributed by atoms with van der Waals surface area (Å²) in [6, 6.07) is 4.63. The minimum atomic E-state index is -3.51. The van der Waals surface area contributed by atoms with Crippen molar-refractivity contribution in [3.63, 3.8) is 0 Å². The predicted molar refractivity (Wildman–Crippen MR) is 86.2 cm³/mol. The van der Waals surface area contributed by atoms with Crippen LogP contribution in [0.25, 0.3) is 11.0 Å². The molecule has 0 aliphatic rings. The third-order valence-electron chi connectivity index (χ3n) is 3.26. The van der Waals surface area contributed by atoms with Gasteiger partial charge in [0.1, 0.15) is 5.52 Å². The summed E-state index contributed by atoms with van der Waals surface area (Å²) in [6.07, 6.45) is 1.86. The Hall–Kier alpha value is -2.26. The van der Waals surface area contributed by atoms with Gasteiger partial charge in [-0.15, -0.1) is 11.7 Å². The SMILES string of the molecule is C=CCNC(=O)CCn1nnc2cc(S(=O)(=O)N(C)C)ccc21. The number of benzene rings is 1. The van der Waals surface area contributed by atoms with E-state index in [0.29, 0.717) is 24.1 Å². The number of hydrogen-bond donors (Lipinski definition) is 1. The van der Waals surface area contributed by atoms with Crippen LogP contribution in [0.15, 0.2) is 35.7 Å². The number of rotatable bonds is 7. The van der Waals surface area contributed by atoms with Gasteiger partial charge in [0, 0.05) is 27.1 Å². The molecule has 0 saturated heterocycles. The summed E-state index contributed by atoms with van der Waals surface area (Å²) in [5, 5.41) is 10.6. The molecule has 9 heteroatoms. The maximum atomic E-state index is 12.1. The van der Waals surface area contributed by atoms with Crippen molar-refractivity contribution in [2.75, 3.05) is 20.6 Å². The van der Waals surface area contributed by atoms with Gasteiger partial charge >= 0.3 is 0 Å². The molecule has 1 aromatic carbocycles. The highest BCUT2D eigenvalue weighted by Gasteiger charge is 2.18. The van der Waals surface area contributed by atoms with E-state index in [-0.39, 0.29) is 17.2 Å². The first kappa shape index (κ1) is 17.1. The van der Waals surface area contributed by atoms with E-state index in [1.807, 2.05) is 0 Å². The second kappa shape index (κ2) is 6.88. The quantitative estimate of drug-likeness (QED) is 0.737. The lowest BCUT2D eigenvalue weighted by molar-refractivity contribution is -0.121. The van der Waals surface area contributed by atoms with Crippen molar-refractivity contribution in [2.45, 2.75) is 17.9 Å². The molecule has 1 N–H and O–H groups in total. The van der Waals surface area contributed by atoms with Gasteiger partial charge in [-0.1, -0.05) is 11.3 Å². The molecular formula is C14H19N5O3S. The number of nitrogens with one attached hydrogen (secondary N) is 1. The van der Waals surface area contributed by atoms with Gasteiger partial charge in [-0.3, -0.25) is 4.79 Å². The number of carbonyl (C=O) groups excluding carboxylic acids is 1. The highest BCUT2D eigenvalue weighted by molar-refractivity contribution is 7.89. The number of sulfonamides is 1. The molecule has 0 aliphatic heterocycles. The highest BCUT2D eigenvalue weighted by Crippen LogP contribution is 2.19. The first-order valence-corrected chi connectivity index (χ1v) is 8.43. The number of amides is 1. The Balaban J connectivity index is 2.19. The summed E-state index contributed by atoms with van der Waals surface area (Å²) in [7, 11) is -0.571. The van der Waals surface area contributed by atoms with E-state index in [0.717, 1.165) is 4.31 Å². The van der Waals surface area contributed by atoms with Crippen LogP contribution < -0.4 is 5.32 Å². The van der Waals surface area contributed by atoms with Crippen molar-refractivity contribution in [2.24, 2.45) is 0 Å². The molecule has 1 heterocycles. The van der Waals surface area contributed by atoms with Crippen molar-refractivity contribution in [3.05, 3.63) is 30.9 Å². The second-order valence-electron chi connectivity index (χ2n) is 5.09. The maximum Gasteiger partial charge on any atom is 0.242 e. The summed E-state index contributed by atoms with van der Waals surface area (Å²) < 4.78 is 26.9. The zero-order valence-electron chi connectivity index (χ0n) is 13.1. The standard InChI is InChI=1S/C14H19N5O3S/c1-4-8-15-14(20)7-9-19-13-6-5-11(10-12(13)16-17-19)23(21,22)18(2)3/h4-6,10H,1,7-9H2,2-3H3,(H,15,20). The van der Waals surface area contributed by atoms with Crippen LogP contribution >= 0.6 is 0 Å². The Kier molecular flexibility index (Phi) is 5.12. The summed E-state index contributed by atoms with van der Waals surface area (Å²) >= 11 is 0. The van der Waals surface area contributed by atoms with Crippen LogP contribution in [0.3, 0.4) is 0 Å². The Morgan fingerprint density at radius 2 is 2.17 bits per heavy atom. The fraction of sp³-hybridized carbons (Fsp3) is 0.357. The van der Waals surface area contributed by atoms with Crippen LogP contribution in [-0.4, -0.2) is 54.3 Å². The van der Waals surface area contributed by atoms with Gasteiger partial charge in [-0.05, 0) is 18.2 Å². The number of aryl methyl sites for hydroxylation is 1. The zero-order valence-corrected chi connectivity index (χ0v) is 13.9. The first-order chi connectivity index (χ1) is 10.9. The summed E-state index contributed by atoms with van der Waals surface area (Å²) in [4.78, 5) is 11.7. The van der Waals surface area contributed by atoms with Gasteiger partial charge in [0.25, 0.3) is 0 Å². The van der Waals surface area contributed by atoms with Gasteiger partial charge in [0.15, 0.2) is 0 Å². The maximum absolute atomic E-state index is 12.1. The molecule has 2 rings (SSSR count). The molecule has 2 aromatic rings. The zero-order chi connectivity index (χ0) is 17.0. The topological polar surface area (TPSA) is 97.2 Å². The average molecular weight is 337 g/mol. The van der Waals surface area contributed by atoms with Crippen molar-refractivity contribution < 1.29 is 13.2 Å². The van der Waals surface area contributed by atoms with Crippen LogP contribution in [0, 0.1) is 0 Å². The third kappa shape index (κ3) is 3.74. The van der Waals surface area contributed by atoms with Crippen LogP contribution in [0.4, 0.5) is 0 Å². The van der Waals surface area contributed by atoms with E-state index in [2.05, 4.69) is 22.2 Å². The minimum Gasteiger partial charge on any atom is -0.353 e. The van der Waals surface area contributed by atoms with E-state index in [4.69, 9.17) is 0 Å². The fourth-order valence-corrected chi connectivity index (χ4v) is 2.89. The Morgan fingerprint density at radius 3 is 2.83 bits per heavy atom. The number of nitrogens with zero attached hydrogens (tertiary/aromatic N) is 4. The molecule has 0 fully saturated rings. The normalized spacial score (nSPS) is 11.8. The minimum absolute atomic E-state index is 0.111. The number of fused-ring (bicyclic) bond motifs is 1. The van der Waals surface area contributed by atoms with Gasteiger partial charge in [0.05, 0.1) is 17.0 Å². The molecule has 0 unspecified atom stereocenters. The molecule has 1 aromatic heterocycles. The lowest BCUT2D eigenvalue weighted by atomic mass is 10.3. The molecule has 0 bridgehead atoms. The van der Waals surface area contributed by atoms with Gasteiger partial charge in [-0.25, -0.2) is 17.4 Å². The molecule has 1 amide bonds. The number of aromatic nitrogens is 3. The third-order valence-corrected chi connectivity index (χ3v) is 5.07. The lowest BCUT2D eigenvalue weighted by Crippen LogP contribution is -2.24. The van der Waals surface area contributed by atoms with Crippen LogP contribution in [0.1, 0.15) is 6.42 Å². The van der Waals surface area contributed by atoms with E-state index in [1.54, 1.807) is 16.8 Å². The summed E-state index contributed by atoms with van der Waals surface area (Å²) in [6.45, 7) is 4.31. The Bertz CT molecular complexity index is 826. The molecule has 0 spiro atoms. The monoisotopic (exact) mass is 337 g/mol.